The Bertz CT molecular complexity index is 652. The van der Waals surface area contributed by atoms with Gasteiger partial charge in [-0.25, -0.2) is 0 Å². The summed E-state index contributed by atoms with van der Waals surface area (Å²) in [5, 5.41) is 1.85. The third-order valence-corrected chi connectivity index (χ3v) is 4.92. The molecule has 0 radical (unpaired) electrons. The highest BCUT2D eigenvalue weighted by atomic mass is 32.2. The highest BCUT2D eigenvalue weighted by Crippen LogP contribution is 2.36. The van der Waals surface area contributed by atoms with Crippen molar-refractivity contribution in [3.8, 4) is 0 Å². The Hall–Kier alpha value is -2.05. The maximum atomic E-state index is 12.2. The van der Waals surface area contributed by atoms with Gasteiger partial charge in [0.05, 0.1) is 26.4 Å². The quantitative estimate of drug-likeness (QED) is 0.440. The fourth-order valence-electron chi connectivity index (χ4n) is 2.77. The molecule has 4 atom stereocenters. The highest BCUT2D eigenvalue weighted by molar-refractivity contribution is 8.02. The minimum Gasteiger partial charge on any atom is -0.469 e. The standard InChI is InChI=1S/C19H22O5S/c1-5-14-16(18(20)22-3)17(19(21)23-4)15(24-14)10-11-25-13-8-6-12(2)7-9-13/h5-11,14-17H,1H2,2-4H3/b11-10+. The lowest BCUT2D eigenvalue weighted by Crippen LogP contribution is -2.35. The molecular formula is C19H22O5S. The lowest BCUT2D eigenvalue weighted by atomic mass is 9.87. The van der Waals surface area contributed by atoms with Crippen LogP contribution < -0.4 is 0 Å². The van der Waals surface area contributed by atoms with E-state index >= 15 is 0 Å². The van der Waals surface area contributed by atoms with Gasteiger partial charge >= 0.3 is 11.9 Å². The van der Waals surface area contributed by atoms with Gasteiger partial charge in [-0.3, -0.25) is 9.59 Å². The van der Waals surface area contributed by atoms with E-state index < -0.39 is 36.0 Å². The SMILES string of the molecule is C=CC1OC(/C=C/Sc2ccc(C)cc2)C(C(=O)OC)C1C(=O)OC. The summed E-state index contributed by atoms with van der Waals surface area (Å²) in [5.41, 5.74) is 1.19. The van der Waals surface area contributed by atoms with Crippen molar-refractivity contribution < 1.29 is 23.8 Å². The summed E-state index contributed by atoms with van der Waals surface area (Å²) in [4.78, 5) is 25.4. The van der Waals surface area contributed by atoms with Gasteiger partial charge < -0.3 is 14.2 Å². The van der Waals surface area contributed by atoms with Crippen LogP contribution >= 0.6 is 11.8 Å². The molecule has 25 heavy (non-hydrogen) atoms. The summed E-state index contributed by atoms with van der Waals surface area (Å²) in [6, 6.07) is 8.09. The normalized spacial score (nSPS) is 25.7. The molecule has 1 aromatic rings. The largest absolute Gasteiger partial charge is 0.469 e. The first-order valence-corrected chi connectivity index (χ1v) is 8.73. The zero-order valence-corrected chi connectivity index (χ0v) is 15.3. The number of esters is 2. The van der Waals surface area contributed by atoms with E-state index in [0.29, 0.717) is 0 Å². The predicted octanol–water partition coefficient (Wildman–Crippen LogP) is 3.13. The molecule has 134 valence electrons. The molecule has 1 fully saturated rings. The summed E-state index contributed by atoms with van der Waals surface area (Å²) in [7, 11) is 2.58. The summed E-state index contributed by atoms with van der Waals surface area (Å²) >= 11 is 1.51. The van der Waals surface area contributed by atoms with Gasteiger partial charge in [-0.2, -0.15) is 0 Å². The molecule has 0 saturated carbocycles. The average molecular weight is 362 g/mol. The number of benzene rings is 1. The van der Waals surface area contributed by atoms with Crippen molar-refractivity contribution in [2.45, 2.75) is 24.0 Å². The van der Waals surface area contributed by atoms with Crippen LogP contribution in [0.2, 0.25) is 0 Å². The average Bonchev–Trinajstić information content (AvgIpc) is 3.00. The number of ether oxygens (including phenoxy) is 3. The van der Waals surface area contributed by atoms with E-state index in [2.05, 4.69) is 6.58 Å². The number of aryl methyl sites for hydroxylation is 1. The number of carbonyl (C=O) groups excluding carboxylic acids is 2. The van der Waals surface area contributed by atoms with Crippen molar-refractivity contribution in [2.75, 3.05) is 14.2 Å². The first-order valence-electron chi connectivity index (χ1n) is 7.85. The van der Waals surface area contributed by atoms with Crippen LogP contribution in [0.5, 0.6) is 0 Å². The number of thioether (sulfide) groups is 1. The van der Waals surface area contributed by atoms with Crippen LogP contribution in [0.1, 0.15) is 5.56 Å². The molecule has 0 aliphatic carbocycles. The van der Waals surface area contributed by atoms with Crippen molar-refractivity contribution in [1.82, 2.24) is 0 Å². The van der Waals surface area contributed by atoms with E-state index in [-0.39, 0.29) is 0 Å². The summed E-state index contributed by atoms with van der Waals surface area (Å²) in [6.07, 6.45) is 2.09. The topological polar surface area (TPSA) is 61.8 Å². The fourth-order valence-corrected chi connectivity index (χ4v) is 3.46. The van der Waals surface area contributed by atoms with Crippen LogP contribution in [0, 0.1) is 18.8 Å². The lowest BCUT2D eigenvalue weighted by Gasteiger charge is -2.17. The molecule has 1 aliphatic rings. The Morgan fingerprint density at radius 1 is 1.08 bits per heavy atom. The van der Waals surface area contributed by atoms with Crippen molar-refractivity contribution in [3.63, 3.8) is 0 Å². The number of hydrogen-bond acceptors (Lipinski definition) is 6. The van der Waals surface area contributed by atoms with E-state index in [1.54, 1.807) is 6.08 Å². The van der Waals surface area contributed by atoms with Crippen LogP contribution in [0.4, 0.5) is 0 Å². The summed E-state index contributed by atoms with van der Waals surface area (Å²) in [6.45, 7) is 5.71. The van der Waals surface area contributed by atoms with Crippen LogP contribution in [0.25, 0.3) is 0 Å². The molecule has 4 unspecified atom stereocenters. The monoisotopic (exact) mass is 362 g/mol. The van der Waals surface area contributed by atoms with Gasteiger partial charge in [0, 0.05) is 4.90 Å². The zero-order valence-electron chi connectivity index (χ0n) is 14.5. The van der Waals surface area contributed by atoms with Gasteiger partial charge in [0.1, 0.15) is 11.8 Å². The third-order valence-electron chi connectivity index (χ3n) is 4.08. The first kappa shape index (κ1) is 19.3. The number of carbonyl (C=O) groups is 2. The molecule has 1 aliphatic heterocycles. The second-order valence-corrected chi connectivity index (χ2v) is 6.64. The Morgan fingerprint density at radius 2 is 1.64 bits per heavy atom. The molecule has 5 nitrogen and oxygen atoms in total. The van der Waals surface area contributed by atoms with Crippen LogP contribution in [0.3, 0.4) is 0 Å². The molecule has 0 aromatic heterocycles. The molecule has 6 heteroatoms. The van der Waals surface area contributed by atoms with Gasteiger partial charge in [0.2, 0.25) is 0 Å². The van der Waals surface area contributed by atoms with E-state index in [9.17, 15) is 9.59 Å². The van der Waals surface area contributed by atoms with Gasteiger partial charge in [-0.15, -0.1) is 6.58 Å². The number of rotatable bonds is 6. The second kappa shape index (κ2) is 8.87. The van der Waals surface area contributed by atoms with Gasteiger partial charge in [0.15, 0.2) is 0 Å². The molecule has 0 amide bonds. The van der Waals surface area contributed by atoms with Gasteiger partial charge in [0.25, 0.3) is 0 Å². The van der Waals surface area contributed by atoms with Gasteiger partial charge in [-0.05, 0) is 30.5 Å². The molecule has 1 saturated heterocycles. The number of hydrogen-bond donors (Lipinski definition) is 0. The van der Waals surface area contributed by atoms with E-state index in [1.807, 2.05) is 36.6 Å². The Labute approximate surface area is 152 Å². The fraction of sp³-hybridized carbons (Fsp3) is 0.368. The maximum Gasteiger partial charge on any atom is 0.312 e. The van der Waals surface area contributed by atoms with Crippen molar-refractivity contribution >= 4 is 23.7 Å². The molecular weight excluding hydrogens is 340 g/mol. The van der Waals surface area contributed by atoms with E-state index in [1.165, 1.54) is 37.6 Å². The highest BCUT2D eigenvalue weighted by Gasteiger charge is 2.51. The minimum absolute atomic E-state index is 0.505. The number of methoxy groups -OCH3 is 2. The van der Waals surface area contributed by atoms with Crippen LogP contribution in [-0.2, 0) is 23.8 Å². The van der Waals surface area contributed by atoms with Crippen LogP contribution in [-0.4, -0.2) is 38.4 Å². The summed E-state index contributed by atoms with van der Waals surface area (Å²) in [5.74, 6) is -2.55. The molecule has 1 heterocycles. The second-order valence-electron chi connectivity index (χ2n) is 5.66. The van der Waals surface area contributed by atoms with Crippen LogP contribution in [0.15, 0.2) is 53.3 Å². The Morgan fingerprint density at radius 3 is 2.16 bits per heavy atom. The van der Waals surface area contributed by atoms with Crippen molar-refractivity contribution in [3.05, 3.63) is 54.0 Å². The van der Waals surface area contributed by atoms with Crippen molar-refractivity contribution in [1.29, 1.82) is 0 Å². The smallest absolute Gasteiger partial charge is 0.312 e. The Balaban J connectivity index is 2.17. The molecule has 0 bridgehead atoms. The molecule has 1 aromatic carbocycles. The van der Waals surface area contributed by atoms with E-state index in [4.69, 9.17) is 14.2 Å². The molecule has 0 spiro atoms. The summed E-state index contributed by atoms with van der Waals surface area (Å²) < 4.78 is 15.5. The van der Waals surface area contributed by atoms with E-state index in [0.717, 1.165) is 4.90 Å². The first-order chi connectivity index (χ1) is 12.0. The van der Waals surface area contributed by atoms with Gasteiger partial charge in [-0.1, -0.05) is 35.5 Å². The minimum atomic E-state index is -0.769. The molecule has 2 rings (SSSR count). The Kier molecular flexibility index (Phi) is 6.84. The molecule has 0 N–H and O–H groups in total. The lowest BCUT2D eigenvalue weighted by molar-refractivity contribution is -0.156. The zero-order chi connectivity index (χ0) is 18.4. The maximum absolute atomic E-state index is 12.2. The third kappa shape index (κ3) is 4.52. The van der Waals surface area contributed by atoms with Crippen molar-refractivity contribution in [2.24, 2.45) is 11.8 Å². The predicted molar refractivity (Wildman–Crippen MR) is 96.0 cm³/mol.